The third-order valence-electron chi connectivity index (χ3n) is 13.9. The number of esters is 1. The Hall–Kier alpha value is -4.90. The molecule has 15 nitrogen and oxygen atoms in total. The number of cyclic esters (lactones) is 1. The van der Waals surface area contributed by atoms with Crippen molar-refractivity contribution < 1.29 is 28.7 Å². The Bertz CT molecular complexity index is 2410. The number of carbonyl (C=O) groups excluding carboxylic acids is 4. The lowest BCUT2D eigenvalue weighted by Gasteiger charge is -2.41. The molecule has 8 heterocycles. The number of piperidine rings is 1. The average Bonchev–Trinajstić information content (AvgIpc) is 3.77. The quantitative estimate of drug-likeness (QED) is 0.193. The topological polar surface area (TPSA) is 154 Å². The molecular formula is C49H67N9O6S. The van der Waals surface area contributed by atoms with Crippen LogP contribution >= 0.6 is 11.3 Å². The van der Waals surface area contributed by atoms with E-state index in [-0.39, 0.29) is 43.0 Å². The molecule has 0 spiro atoms. The van der Waals surface area contributed by atoms with Gasteiger partial charge in [0.15, 0.2) is 0 Å². The monoisotopic (exact) mass is 909 g/mol. The number of ether oxygens (including phenoxy) is 2. The first-order valence-corrected chi connectivity index (χ1v) is 24.3. The summed E-state index contributed by atoms with van der Waals surface area (Å²) in [6.07, 6.45) is 5.35. The van der Waals surface area contributed by atoms with Gasteiger partial charge in [-0.2, -0.15) is 0 Å². The van der Waals surface area contributed by atoms with Crippen molar-refractivity contribution in [2.24, 2.45) is 17.3 Å². The molecule has 4 aromatic rings. The minimum absolute atomic E-state index is 0.0857. The molecule has 5 aliphatic rings. The van der Waals surface area contributed by atoms with E-state index in [1.54, 1.807) is 25.3 Å². The number of fused-ring (bicyclic) bond motifs is 10. The first kappa shape index (κ1) is 46.6. The van der Waals surface area contributed by atoms with Crippen LogP contribution in [-0.2, 0) is 43.2 Å². The fraction of sp³-hybridized carbons (Fsp3) is 0.592. The summed E-state index contributed by atoms with van der Waals surface area (Å²) in [5.74, 6) is -1.08. The maximum absolute atomic E-state index is 14.7. The zero-order chi connectivity index (χ0) is 46.3. The predicted molar refractivity (Wildman–Crippen MR) is 252 cm³/mol. The second-order valence-electron chi connectivity index (χ2n) is 19.8. The third-order valence-corrected chi connectivity index (χ3v) is 14.8. The Morgan fingerprint density at radius 3 is 2.66 bits per heavy atom. The lowest BCUT2D eigenvalue weighted by Crippen LogP contribution is -2.63. The Morgan fingerprint density at radius 1 is 1.11 bits per heavy atom. The molecule has 0 aliphatic carbocycles. The molecule has 2 N–H and O–H groups in total. The van der Waals surface area contributed by atoms with Crippen LogP contribution in [0, 0.1) is 17.3 Å². The summed E-state index contributed by atoms with van der Waals surface area (Å²) in [6.45, 7) is 15.8. The van der Waals surface area contributed by atoms with Crippen LogP contribution in [0.4, 0.5) is 4.79 Å². The van der Waals surface area contributed by atoms with Gasteiger partial charge in [-0.1, -0.05) is 33.8 Å². The number of nitrogens with zero attached hydrogens (tertiary/aromatic N) is 7. The Labute approximate surface area is 387 Å². The van der Waals surface area contributed by atoms with Crippen molar-refractivity contribution in [1.82, 2.24) is 45.0 Å². The van der Waals surface area contributed by atoms with Crippen LogP contribution in [0.3, 0.4) is 0 Å². The summed E-state index contributed by atoms with van der Waals surface area (Å²) in [7, 11) is 5.50. The van der Waals surface area contributed by atoms with Crippen molar-refractivity contribution in [3.63, 3.8) is 0 Å². The van der Waals surface area contributed by atoms with E-state index in [4.69, 9.17) is 19.4 Å². The molecule has 2 unspecified atom stereocenters. The number of likely N-dealkylation sites (N-methyl/N-ethyl adjacent to an activating group) is 2. The number of hydrazine groups is 1. The van der Waals surface area contributed by atoms with Gasteiger partial charge < -0.3 is 34.1 Å². The molecule has 9 rings (SSSR count). The predicted octanol–water partition coefficient (Wildman–Crippen LogP) is 6.30. The summed E-state index contributed by atoms with van der Waals surface area (Å²) < 4.78 is 14.3. The van der Waals surface area contributed by atoms with E-state index in [1.807, 2.05) is 37.1 Å². The molecule has 0 saturated carbocycles. The molecule has 6 atom stereocenters. The number of methoxy groups -OCH3 is 1. The number of amides is 4. The fourth-order valence-corrected chi connectivity index (χ4v) is 11.5. The summed E-state index contributed by atoms with van der Waals surface area (Å²) in [6, 6.07) is 7.78. The lowest BCUT2D eigenvalue weighted by atomic mass is 9.84. The van der Waals surface area contributed by atoms with Crippen LogP contribution in [0.2, 0.25) is 0 Å². The highest BCUT2D eigenvalue weighted by atomic mass is 32.1. The van der Waals surface area contributed by atoms with Crippen molar-refractivity contribution in [1.29, 1.82) is 0 Å². The summed E-state index contributed by atoms with van der Waals surface area (Å²) >= 11 is 1.44. The van der Waals surface area contributed by atoms with Crippen LogP contribution in [0.15, 0.2) is 41.9 Å². The fourth-order valence-electron chi connectivity index (χ4n) is 10.6. The van der Waals surface area contributed by atoms with Gasteiger partial charge in [-0.25, -0.2) is 15.2 Å². The molecule has 5 aliphatic heterocycles. The molecular weight excluding hydrogens is 843 g/mol. The molecule has 4 saturated heterocycles. The average molecular weight is 910 g/mol. The molecule has 4 fully saturated rings. The van der Waals surface area contributed by atoms with Gasteiger partial charge >= 0.3 is 12.0 Å². The molecule has 1 aromatic carbocycles. The van der Waals surface area contributed by atoms with Gasteiger partial charge in [-0.3, -0.25) is 24.4 Å². The van der Waals surface area contributed by atoms with Crippen molar-refractivity contribution in [3.05, 3.63) is 58.2 Å². The Kier molecular flexibility index (Phi) is 13.7. The largest absolute Gasteiger partial charge is 0.464 e. The van der Waals surface area contributed by atoms with Crippen LogP contribution < -0.4 is 10.7 Å². The number of aryl methyl sites for hydroxylation is 1. The maximum atomic E-state index is 14.7. The molecule has 16 heteroatoms. The normalized spacial score (nSPS) is 23.8. The van der Waals surface area contributed by atoms with E-state index in [2.05, 4.69) is 72.3 Å². The number of hydrogen-bond acceptors (Lipinski definition) is 11. The van der Waals surface area contributed by atoms with Crippen molar-refractivity contribution in [2.75, 3.05) is 54.0 Å². The number of nitrogens with one attached hydrogen (secondary N) is 2. The minimum atomic E-state index is -1.03. The highest BCUT2D eigenvalue weighted by molar-refractivity contribution is 7.10. The minimum Gasteiger partial charge on any atom is -0.464 e. The van der Waals surface area contributed by atoms with E-state index >= 15 is 0 Å². The summed E-state index contributed by atoms with van der Waals surface area (Å²) in [5, 5.41) is 8.30. The number of urea groups is 1. The first-order chi connectivity index (χ1) is 31.1. The molecule has 4 amide bonds. The van der Waals surface area contributed by atoms with E-state index < -0.39 is 35.4 Å². The Morgan fingerprint density at radius 2 is 1.91 bits per heavy atom. The second-order valence-corrected chi connectivity index (χ2v) is 20.8. The van der Waals surface area contributed by atoms with Crippen LogP contribution in [0.1, 0.15) is 89.6 Å². The highest BCUT2D eigenvalue weighted by Crippen LogP contribution is 2.42. The number of thiazole rings is 1. The van der Waals surface area contributed by atoms with Crippen molar-refractivity contribution in [2.45, 2.75) is 117 Å². The zero-order valence-corrected chi connectivity index (χ0v) is 40.4. The maximum Gasteiger partial charge on any atom is 0.324 e. The number of benzene rings is 1. The van der Waals surface area contributed by atoms with E-state index in [0.717, 1.165) is 70.6 Å². The summed E-state index contributed by atoms with van der Waals surface area (Å²) in [5.41, 5.74) is 9.45. The van der Waals surface area contributed by atoms with Gasteiger partial charge in [0.2, 0.25) is 5.91 Å². The van der Waals surface area contributed by atoms with Gasteiger partial charge in [-0.05, 0) is 94.7 Å². The van der Waals surface area contributed by atoms with Gasteiger partial charge in [0.05, 0.1) is 34.8 Å². The molecule has 8 bridgehead atoms. The standard InChI is InChI=1S/C49H67N9O6S/c1-10-56-40-18-16-32-21-35(40)36(44(56)34-13-11-19-50-42(34)30(4)63-9)23-49(5,6)28-64-47(61)37-14-12-20-58(53-37)46(60)38(22-41-51-39(32)27-65-41)52-45(59)43(29(2)3)55(8)48(62)57-25-31-15-17-33(57)26-54(7)24-31/h11,13,16,18-19,21,27,29-31,33,37-38,43,53H,10,12,14-15,17,20,22-26,28H2,1-9H3,(H,52,59)/t30-,31?,33?,37-,38-,43-/m0/s1. The molecule has 350 valence electrons. The number of hydrogen-bond donors (Lipinski definition) is 2. The third kappa shape index (κ3) is 9.54. The van der Waals surface area contributed by atoms with Crippen LogP contribution in [0.25, 0.3) is 33.4 Å². The van der Waals surface area contributed by atoms with Crippen LogP contribution in [0.5, 0.6) is 0 Å². The first-order valence-electron chi connectivity index (χ1n) is 23.4. The number of carbonyl (C=O) groups is 4. The van der Waals surface area contributed by atoms with Gasteiger partial charge in [0.25, 0.3) is 5.91 Å². The molecule has 0 radical (unpaired) electrons. The zero-order valence-electron chi connectivity index (χ0n) is 39.6. The number of rotatable bonds is 8. The van der Waals surface area contributed by atoms with E-state index in [9.17, 15) is 19.2 Å². The smallest absolute Gasteiger partial charge is 0.324 e. The van der Waals surface area contributed by atoms with Gasteiger partial charge in [0.1, 0.15) is 18.1 Å². The van der Waals surface area contributed by atoms with Crippen LogP contribution in [-0.4, -0.2) is 136 Å². The SMILES string of the molecule is CCn1c(-c2cccnc2[C@H](C)OC)c2c3cc(ccc31)-c1csc(n1)C[C@H](NC(=O)[C@H](C(C)C)N(C)C(=O)N1CC3CCC1CN(C)C3)C(=O)N1CCC[C@H](N1)C(=O)OCC(C)(C)C2. The lowest BCUT2D eigenvalue weighted by molar-refractivity contribution is -0.155. The summed E-state index contributed by atoms with van der Waals surface area (Å²) in [4.78, 5) is 73.2. The van der Waals surface area contributed by atoms with Crippen molar-refractivity contribution in [3.8, 4) is 22.5 Å². The van der Waals surface area contributed by atoms with E-state index in [1.165, 1.54) is 16.3 Å². The van der Waals surface area contributed by atoms with Gasteiger partial charge in [0, 0.05) is 98.4 Å². The Balaban J connectivity index is 1.16. The van der Waals surface area contributed by atoms with Gasteiger partial charge in [-0.15, -0.1) is 11.3 Å². The molecule has 3 aromatic heterocycles. The number of aromatic nitrogens is 3. The highest BCUT2D eigenvalue weighted by Gasteiger charge is 2.42. The second kappa shape index (κ2) is 19.1. The molecule has 65 heavy (non-hydrogen) atoms. The van der Waals surface area contributed by atoms with Crippen molar-refractivity contribution >= 4 is 46.1 Å². The van der Waals surface area contributed by atoms with E-state index in [0.29, 0.717) is 49.8 Å². The number of pyridine rings is 1.